The lowest BCUT2D eigenvalue weighted by molar-refractivity contribution is 0.233. The van der Waals surface area contributed by atoms with Crippen LogP contribution in [0.2, 0.25) is 0 Å². The first-order valence-electron chi connectivity index (χ1n) is 7.02. The van der Waals surface area contributed by atoms with Crippen LogP contribution < -0.4 is 10.1 Å². The second-order valence-corrected chi connectivity index (χ2v) is 5.14. The third-order valence-electron chi connectivity index (χ3n) is 3.62. The molecular formula is C15H23FN2O. The van der Waals surface area contributed by atoms with E-state index in [-0.39, 0.29) is 5.82 Å². The van der Waals surface area contributed by atoms with Gasteiger partial charge in [0.25, 0.3) is 0 Å². The van der Waals surface area contributed by atoms with Crippen LogP contribution in [0.1, 0.15) is 25.3 Å². The molecule has 0 amide bonds. The van der Waals surface area contributed by atoms with Crippen LogP contribution in [-0.2, 0) is 6.54 Å². The van der Waals surface area contributed by atoms with Gasteiger partial charge in [0, 0.05) is 18.2 Å². The molecule has 2 rings (SSSR count). The van der Waals surface area contributed by atoms with E-state index in [2.05, 4.69) is 17.3 Å². The van der Waals surface area contributed by atoms with E-state index >= 15 is 0 Å². The summed E-state index contributed by atoms with van der Waals surface area (Å²) in [6.07, 6.45) is 2.30. The van der Waals surface area contributed by atoms with Crippen molar-refractivity contribution in [2.24, 2.45) is 0 Å². The number of nitrogens with one attached hydrogen (secondary N) is 1. The summed E-state index contributed by atoms with van der Waals surface area (Å²) in [6.45, 7) is 5.46. The Morgan fingerprint density at radius 3 is 2.79 bits per heavy atom. The van der Waals surface area contributed by atoms with Crippen LogP contribution in [0, 0.1) is 5.82 Å². The van der Waals surface area contributed by atoms with Crippen molar-refractivity contribution < 1.29 is 9.13 Å². The molecule has 0 bridgehead atoms. The van der Waals surface area contributed by atoms with Gasteiger partial charge in [0.2, 0.25) is 0 Å². The minimum atomic E-state index is -0.205. The fourth-order valence-corrected chi connectivity index (χ4v) is 2.45. The molecule has 4 heteroatoms. The second kappa shape index (κ2) is 6.87. The third kappa shape index (κ3) is 4.18. The van der Waals surface area contributed by atoms with Crippen LogP contribution in [0.5, 0.6) is 5.75 Å². The number of benzene rings is 1. The van der Waals surface area contributed by atoms with Crippen molar-refractivity contribution in [3.63, 3.8) is 0 Å². The normalized spacial score (nSPS) is 17.6. The molecule has 1 aromatic rings. The smallest absolute Gasteiger partial charge is 0.123 e. The van der Waals surface area contributed by atoms with Gasteiger partial charge in [-0.25, -0.2) is 4.39 Å². The van der Waals surface area contributed by atoms with Gasteiger partial charge in [-0.15, -0.1) is 0 Å². The van der Waals surface area contributed by atoms with Crippen LogP contribution >= 0.6 is 0 Å². The minimum Gasteiger partial charge on any atom is -0.494 e. The van der Waals surface area contributed by atoms with Gasteiger partial charge in [0.1, 0.15) is 11.6 Å². The summed E-state index contributed by atoms with van der Waals surface area (Å²) in [5.74, 6) is 0.577. The van der Waals surface area contributed by atoms with Crippen molar-refractivity contribution in [3.05, 3.63) is 29.6 Å². The summed E-state index contributed by atoms with van der Waals surface area (Å²) in [4.78, 5) is 2.34. The Kier molecular flexibility index (Phi) is 5.16. The number of ether oxygens (including phenoxy) is 1. The zero-order valence-corrected chi connectivity index (χ0v) is 11.8. The van der Waals surface area contributed by atoms with Crippen LogP contribution in [0.15, 0.2) is 18.2 Å². The van der Waals surface area contributed by atoms with Crippen molar-refractivity contribution >= 4 is 0 Å². The number of hydrogen-bond donors (Lipinski definition) is 1. The molecule has 1 aliphatic heterocycles. The molecule has 3 nitrogen and oxygen atoms in total. The molecule has 1 heterocycles. The van der Waals surface area contributed by atoms with Gasteiger partial charge in [-0.1, -0.05) is 0 Å². The van der Waals surface area contributed by atoms with Crippen molar-refractivity contribution in [2.75, 3.05) is 26.7 Å². The Morgan fingerprint density at radius 1 is 1.37 bits per heavy atom. The average Bonchev–Trinajstić information content (AvgIpc) is 2.41. The van der Waals surface area contributed by atoms with Crippen molar-refractivity contribution in [1.82, 2.24) is 10.2 Å². The Morgan fingerprint density at radius 2 is 2.11 bits per heavy atom. The van der Waals surface area contributed by atoms with Gasteiger partial charge in [-0.05, 0) is 58.1 Å². The maximum atomic E-state index is 13.3. The number of halogens is 1. The van der Waals surface area contributed by atoms with Crippen molar-refractivity contribution in [2.45, 2.75) is 32.4 Å². The molecule has 0 atom stereocenters. The van der Waals surface area contributed by atoms with E-state index in [0.717, 1.165) is 37.2 Å². The topological polar surface area (TPSA) is 24.5 Å². The number of hydrogen-bond acceptors (Lipinski definition) is 3. The standard InChI is InChI=1S/C15H23FN2O/c1-3-19-15-5-4-13(16)10-12(15)11-17-14-6-8-18(2)9-7-14/h4-5,10,14,17H,3,6-9,11H2,1-2H3. The predicted octanol–water partition coefficient (Wildman–Crippen LogP) is 2.41. The van der Waals surface area contributed by atoms with Crippen LogP contribution in [0.25, 0.3) is 0 Å². The summed E-state index contributed by atoms with van der Waals surface area (Å²) in [5, 5.41) is 3.51. The zero-order chi connectivity index (χ0) is 13.7. The van der Waals surface area contributed by atoms with Crippen molar-refractivity contribution in [3.8, 4) is 5.75 Å². The SMILES string of the molecule is CCOc1ccc(F)cc1CNC1CCN(C)CC1. The Balaban J connectivity index is 1.92. The van der Waals surface area contributed by atoms with Crippen molar-refractivity contribution in [1.29, 1.82) is 0 Å². The maximum Gasteiger partial charge on any atom is 0.123 e. The number of piperidine rings is 1. The lowest BCUT2D eigenvalue weighted by Crippen LogP contribution is -2.40. The van der Waals surface area contributed by atoms with E-state index in [9.17, 15) is 4.39 Å². The van der Waals surface area contributed by atoms with Gasteiger partial charge < -0.3 is 15.0 Å². The fourth-order valence-electron chi connectivity index (χ4n) is 2.45. The van der Waals surface area contributed by atoms with E-state index in [1.807, 2.05) is 6.92 Å². The molecule has 0 aliphatic carbocycles. The van der Waals surface area contributed by atoms with Gasteiger partial charge in [0.15, 0.2) is 0 Å². The lowest BCUT2D eigenvalue weighted by Gasteiger charge is -2.29. The quantitative estimate of drug-likeness (QED) is 0.885. The molecule has 19 heavy (non-hydrogen) atoms. The highest BCUT2D eigenvalue weighted by Crippen LogP contribution is 2.20. The average molecular weight is 266 g/mol. The monoisotopic (exact) mass is 266 g/mol. The van der Waals surface area contributed by atoms with E-state index < -0.39 is 0 Å². The largest absolute Gasteiger partial charge is 0.494 e. The number of likely N-dealkylation sites (tertiary alicyclic amines) is 1. The van der Waals surface area contributed by atoms with E-state index in [0.29, 0.717) is 19.2 Å². The molecule has 0 radical (unpaired) electrons. The summed E-state index contributed by atoms with van der Waals surface area (Å²) in [7, 11) is 2.15. The Bertz CT molecular complexity index is 403. The van der Waals surface area contributed by atoms with Crippen LogP contribution in [-0.4, -0.2) is 37.7 Å². The number of rotatable bonds is 5. The van der Waals surface area contributed by atoms with E-state index in [1.165, 1.54) is 6.07 Å². The molecule has 1 aliphatic rings. The third-order valence-corrected chi connectivity index (χ3v) is 3.62. The number of nitrogens with zero attached hydrogens (tertiary/aromatic N) is 1. The summed E-state index contributed by atoms with van der Waals surface area (Å²) in [5.41, 5.74) is 0.903. The van der Waals surface area contributed by atoms with Gasteiger partial charge in [0.05, 0.1) is 6.61 Å². The molecule has 1 saturated heterocycles. The molecule has 0 saturated carbocycles. The molecule has 0 aromatic heterocycles. The summed E-state index contributed by atoms with van der Waals surface area (Å²) >= 11 is 0. The molecule has 106 valence electrons. The highest BCUT2D eigenvalue weighted by atomic mass is 19.1. The molecular weight excluding hydrogens is 243 g/mol. The molecule has 1 fully saturated rings. The molecule has 0 spiro atoms. The predicted molar refractivity (Wildman–Crippen MR) is 74.9 cm³/mol. The van der Waals surface area contributed by atoms with E-state index in [1.54, 1.807) is 12.1 Å². The zero-order valence-electron chi connectivity index (χ0n) is 11.8. The first-order chi connectivity index (χ1) is 9.19. The first-order valence-corrected chi connectivity index (χ1v) is 7.02. The summed E-state index contributed by atoms with van der Waals surface area (Å²) in [6, 6.07) is 5.25. The molecule has 1 N–H and O–H groups in total. The Hall–Kier alpha value is -1.13. The van der Waals surface area contributed by atoms with Crippen LogP contribution in [0.3, 0.4) is 0 Å². The Labute approximate surface area is 114 Å². The first kappa shape index (κ1) is 14.3. The molecule has 1 aromatic carbocycles. The van der Waals surface area contributed by atoms with E-state index in [4.69, 9.17) is 4.74 Å². The maximum absolute atomic E-state index is 13.3. The van der Waals surface area contributed by atoms with Gasteiger partial charge in [-0.3, -0.25) is 0 Å². The fraction of sp³-hybridized carbons (Fsp3) is 0.600. The highest BCUT2D eigenvalue weighted by Gasteiger charge is 2.16. The van der Waals surface area contributed by atoms with Gasteiger partial charge in [-0.2, -0.15) is 0 Å². The second-order valence-electron chi connectivity index (χ2n) is 5.14. The summed E-state index contributed by atoms with van der Waals surface area (Å²) < 4.78 is 18.8. The van der Waals surface area contributed by atoms with Crippen LogP contribution in [0.4, 0.5) is 4.39 Å². The highest BCUT2D eigenvalue weighted by molar-refractivity contribution is 5.34. The molecule has 0 unspecified atom stereocenters. The lowest BCUT2D eigenvalue weighted by atomic mass is 10.0. The van der Waals surface area contributed by atoms with Gasteiger partial charge >= 0.3 is 0 Å². The minimum absolute atomic E-state index is 0.205.